The number of carboxylic acid groups (broad SMARTS) is 1. The van der Waals surface area contributed by atoms with E-state index in [9.17, 15) is 19.5 Å². The van der Waals surface area contributed by atoms with Crippen molar-refractivity contribution < 1.29 is 34.1 Å². The molecule has 1 aliphatic carbocycles. The summed E-state index contributed by atoms with van der Waals surface area (Å²) < 4.78 is 13.1. The van der Waals surface area contributed by atoms with Crippen LogP contribution in [-0.2, 0) is 23.9 Å². The number of nitrogens with zero attached hydrogens (tertiary/aromatic N) is 2. The van der Waals surface area contributed by atoms with E-state index in [4.69, 9.17) is 20.0 Å². The van der Waals surface area contributed by atoms with Crippen molar-refractivity contribution in [1.82, 2.24) is 5.43 Å². The SMILES string of the molecule is CCOC(=O)/C(=C\CCC(=O)O)NNc1cc(Br)cc(Br)c1.CCOC(=O)C1=C([O-])CCC1.N#[N+]c1cc(Br)cc(Br)c1. The third-order valence-corrected chi connectivity index (χ3v) is 6.89. The average Bonchev–Trinajstić information content (AvgIpc) is 3.36. The lowest BCUT2D eigenvalue weighted by atomic mass is 10.2. The number of ether oxygens (including phenoxy) is 2. The van der Waals surface area contributed by atoms with E-state index in [2.05, 4.69) is 79.5 Å². The highest BCUT2D eigenvalue weighted by molar-refractivity contribution is 9.11. The third-order valence-electron chi connectivity index (χ3n) is 5.06. The van der Waals surface area contributed by atoms with Crippen molar-refractivity contribution in [2.24, 2.45) is 0 Å². The molecule has 0 saturated heterocycles. The molecule has 0 spiro atoms. The highest BCUT2D eigenvalue weighted by Crippen LogP contribution is 2.25. The van der Waals surface area contributed by atoms with Crippen LogP contribution in [0.15, 0.2) is 77.4 Å². The molecule has 0 fully saturated rings. The minimum atomic E-state index is -0.927. The van der Waals surface area contributed by atoms with Crippen molar-refractivity contribution in [3.63, 3.8) is 0 Å². The molecule has 0 aromatic heterocycles. The molecule has 0 unspecified atom stereocenters. The van der Waals surface area contributed by atoms with E-state index in [1.54, 1.807) is 26.0 Å². The first-order chi connectivity index (χ1) is 20.4. The van der Waals surface area contributed by atoms with Crippen molar-refractivity contribution in [1.29, 1.82) is 5.39 Å². The zero-order valence-electron chi connectivity index (χ0n) is 23.3. The number of aliphatic carboxylic acids is 1. The Hall–Kier alpha value is -2.93. The fourth-order valence-electron chi connectivity index (χ4n) is 3.25. The number of nitrogens with one attached hydrogen (secondary N) is 2. The zero-order chi connectivity index (χ0) is 32.4. The quantitative estimate of drug-likeness (QED) is 0.0945. The van der Waals surface area contributed by atoms with Gasteiger partial charge in [0.25, 0.3) is 0 Å². The summed E-state index contributed by atoms with van der Waals surface area (Å²) in [7, 11) is 0. The van der Waals surface area contributed by atoms with Crippen LogP contribution in [0.1, 0.15) is 46.0 Å². The maximum absolute atomic E-state index is 11.8. The lowest BCUT2D eigenvalue weighted by molar-refractivity contribution is -0.306. The van der Waals surface area contributed by atoms with Crippen LogP contribution >= 0.6 is 63.7 Å². The number of hydrogen-bond donors (Lipinski definition) is 3. The van der Waals surface area contributed by atoms with Crippen LogP contribution in [0.25, 0.3) is 4.98 Å². The molecule has 0 amide bonds. The maximum atomic E-state index is 11.8. The van der Waals surface area contributed by atoms with E-state index in [1.807, 2.05) is 24.3 Å². The fourth-order valence-corrected chi connectivity index (χ4v) is 5.81. The number of allylic oxidation sites excluding steroid dienone is 2. The van der Waals surface area contributed by atoms with Crippen LogP contribution in [0, 0.1) is 5.39 Å². The number of rotatable bonds is 10. The zero-order valence-corrected chi connectivity index (χ0v) is 29.6. The summed E-state index contributed by atoms with van der Waals surface area (Å²) in [5.41, 5.74) is 7.39. The largest absolute Gasteiger partial charge is 0.875 e. The first kappa shape index (κ1) is 38.1. The third kappa shape index (κ3) is 15.9. The molecule has 0 bridgehead atoms. The van der Waals surface area contributed by atoms with Crippen LogP contribution in [0.5, 0.6) is 0 Å². The van der Waals surface area contributed by atoms with E-state index < -0.39 is 17.9 Å². The van der Waals surface area contributed by atoms with Crippen molar-refractivity contribution in [2.75, 3.05) is 18.6 Å². The summed E-state index contributed by atoms with van der Waals surface area (Å²) in [4.78, 5) is 36.4. The van der Waals surface area contributed by atoms with E-state index >= 15 is 0 Å². The first-order valence-corrected chi connectivity index (χ1v) is 16.0. The molecule has 2 aromatic rings. The monoisotopic (exact) mass is 850 g/mol. The highest BCUT2D eigenvalue weighted by atomic mass is 79.9. The van der Waals surface area contributed by atoms with Crippen molar-refractivity contribution in [3.05, 3.63) is 82.4 Å². The van der Waals surface area contributed by atoms with Gasteiger partial charge in [0, 0.05) is 42.0 Å². The smallest absolute Gasteiger partial charge is 0.387 e. The number of carboxylic acids is 1. The van der Waals surface area contributed by atoms with Crippen molar-refractivity contribution in [2.45, 2.75) is 46.0 Å². The predicted molar refractivity (Wildman–Crippen MR) is 174 cm³/mol. The molecular formula is C28H30Br4N4O7. The molecule has 43 heavy (non-hydrogen) atoms. The number of hydrazine groups is 1. The summed E-state index contributed by atoms with van der Waals surface area (Å²) in [5.74, 6) is -1.93. The van der Waals surface area contributed by atoms with Gasteiger partial charge < -0.3 is 25.1 Å². The summed E-state index contributed by atoms with van der Waals surface area (Å²) >= 11 is 13.2. The average molecular weight is 854 g/mol. The topological polar surface area (TPSA) is 165 Å². The molecule has 0 aliphatic heterocycles. The number of halogens is 4. The molecule has 1 aliphatic rings. The molecule has 0 radical (unpaired) electrons. The maximum Gasteiger partial charge on any atom is 0.387 e. The molecule has 0 atom stereocenters. The molecule has 232 valence electrons. The molecule has 2 aromatic carbocycles. The number of benzene rings is 2. The van der Waals surface area contributed by atoms with Crippen molar-refractivity contribution >= 4 is 93.0 Å². The van der Waals surface area contributed by atoms with Crippen LogP contribution in [-0.4, -0.2) is 36.2 Å². The number of hydrogen-bond acceptors (Lipinski definition) is 9. The second kappa shape index (κ2) is 20.9. The Balaban J connectivity index is 0.000000364. The molecular weight excluding hydrogens is 824 g/mol. The molecule has 15 heteroatoms. The number of esters is 2. The summed E-state index contributed by atoms with van der Waals surface area (Å²) in [6, 6.07) is 10.8. The second-order valence-corrected chi connectivity index (χ2v) is 12.0. The van der Waals surface area contributed by atoms with Crippen LogP contribution in [0.4, 0.5) is 11.4 Å². The number of diazo groups is 1. The van der Waals surface area contributed by atoms with Crippen LogP contribution in [0.3, 0.4) is 0 Å². The lowest BCUT2D eigenvalue weighted by Crippen LogP contribution is -2.27. The van der Waals surface area contributed by atoms with Gasteiger partial charge >= 0.3 is 23.6 Å². The van der Waals surface area contributed by atoms with Gasteiger partial charge in [-0.3, -0.25) is 10.2 Å². The van der Waals surface area contributed by atoms with Gasteiger partial charge in [-0.15, -0.1) is 5.76 Å². The highest BCUT2D eigenvalue weighted by Gasteiger charge is 2.15. The van der Waals surface area contributed by atoms with Gasteiger partial charge in [-0.05, 0) is 63.8 Å². The van der Waals surface area contributed by atoms with Gasteiger partial charge in [0.15, 0.2) is 4.98 Å². The summed E-state index contributed by atoms with van der Waals surface area (Å²) in [6.45, 7) is 4.01. The van der Waals surface area contributed by atoms with Gasteiger partial charge in [0.05, 0.1) is 18.9 Å². The van der Waals surface area contributed by atoms with Gasteiger partial charge in [-0.25, -0.2) is 9.59 Å². The number of carbonyl (C=O) groups excluding carboxylic acids is 2. The predicted octanol–water partition coefficient (Wildman–Crippen LogP) is 7.48. The van der Waals surface area contributed by atoms with Gasteiger partial charge in [-0.2, -0.15) is 0 Å². The van der Waals surface area contributed by atoms with Gasteiger partial charge in [0.2, 0.25) is 5.39 Å². The van der Waals surface area contributed by atoms with Gasteiger partial charge in [-0.1, -0.05) is 69.8 Å². The van der Waals surface area contributed by atoms with E-state index in [-0.39, 0.29) is 30.9 Å². The van der Waals surface area contributed by atoms with Gasteiger partial charge in [0.1, 0.15) is 5.70 Å². The fraction of sp³-hybridized carbons (Fsp3) is 0.321. The molecule has 3 rings (SSSR count). The van der Waals surface area contributed by atoms with E-state index in [1.165, 1.54) is 6.08 Å². The summed E-state index contributed by atoms with van der Waals surface area (Å²) in [6.07, 6.45) is 3.55. The van der Waals surface area contributed by atoms with Crippen LogP contribution in [0.2, 0.25) is 0 Å². The Bertz CT molecular complexity index is 1340. The molecule has 0 heterocycles. The molecule has 11 nitrogen and oxygen atoms in total. The standard InChI is InChI=1S/C14H16Br2N2O4.C8H12O3.C6H3Br2N2/c1-2-22-14(21)12(4-3-5-13(19)20)18-17-11-7-9(15)6-10(16)8-11;1-2-11-8(10)6-4-3-5-7(6)9;7-4-1-5(8)3-6(2-4)10-9/h4,6-8,17-18H,2-3,5H2,1H3,(H,19,20);9H,2-5H2,1H3;1-3H/q;;+1/p-1/b12-4+;;. The van der Waals surface area contributed by atoms with Crippen LogP contribution < -0.4 is 16.0 Å². The Morgan fingerprint density at radius 2 is 1.51 bits per heavy atom. The Kier molecular flexibility index (Phi) is 18.5. The Morgan fingerprint density at radius 3 is 1.98 bits per heavy atom. The Labute approximate surface area is 283 Å². The Morgan fingerprint density at radius 1 is 0.953 bits per heavy atom. The normalized spacial score (nSPS) is 12.1. The van der Waals surface area contributed by atoms with E-state index in [0.29, 0.717) is 30.7 Å². The lowest BCUT2D eigenvalue weighted by Gasteiger charge is -2.13. The van der Waals surface area contributed by atoms with Crippen molar-refractivity contribution in [3.8, 4) is 0 Å². The minimum absolute atomic E-state index is 0.0385. The summed E-state index contributed by atoms with van der Waals surface area (Å²) in [5, 5.41) is 28.0. The first-order valence-electron chi connectivity index (χ1n) is 12.8. The number of carbonyl (C=O) groups is 3. The molecule has 0 saturated carbocycles. The van der Waals surface area contributed by atoms with E-state index in [0.717, 1.165) is 30.0 Å². The molecule has 3 N–H and O–H groups in total. The second-order valence-electron chi connectivity index (χ2n) is 8.38. The minimum Gasteiger partial charge on any atom is -0.875 e. The number of anilines is 1.